The second-order valence-corrected chi connectivity index (χ2v) is 4.45. The summed E-state index contributed by atoms with van der Waals surface area (Å²) in [5.74, 6) is 0.891. The molecule has 7 heteroatoms. The fraction of sp³-hybridized carbons (Fsp3) is 0.231. The van der Waals surface area contributed by atoms with E-state index in [1.54, 1.807) is 10.9 Å². The summed E-state index contributed by atoms with van der Waals surface area (Å²) in [6, 6.07) is 7.91. The van der Waals surface area contributed by atoms with Crippen LogP contribution in [-0.2, 0) is 6.54 Å². The molecule has 3 aromatic rings. The van der Waals surface area contributed by atoms with Gasteiger partial charge in [-0.1, -0.05) is 34.1 Å². The number of rotatable bonds is 4. The molecular weight excluding hydrogens is 256 g/mol. The van der Waals surface area contributed by atoms with E-state index in [0.717, 1.165) is 11.1 Å². The fourth-order valence-electron chi connectivity index (χ4n) is 1.87. The van der Waals surface area contributed by atoms with E-state index in [1.165, 1.54) is 0 Å². The summed E-state index contributed by atoms with van der Waals surface area (Å²) in [6.07, 6.45) is 1.74. The first kappa shape index (κ1) is 12.5. The quantitative estimate of drug-likeness (QED) is 0.766. The Morgan fingerprint density at radius 2 is 2.25 bits per heavy atom. The first-order valence-electron chi connectivity index (χ1n) is 6.27. The van der Waals surface area contributed by atoms with Gasteiger partial charge in [0, 0.05) is 12.1 Å². The number of nitrogens with two attached hydrogens (primary N) is 1. The standard InChI is InChI=1S/C13H14N6O/c1-9-3-2-4-10(7-9)12-15-13(20-17-12)11-8-19(6-5-14)18-16-11/h2-4,7-8H,5-6,14H2,1H3. The maximum Gasteiger partial charge on any atom is 0.280 e. The number of aromatic nitrogens is 5. The van der Waals surface area contributed by atoms with E-state index in [2.05, 4.69) is 20.5 Å². The molecule has 2 heterocycles. The second kappa shape index (κ2) is 5.22. The third-order valence-electron chi connectivity index (χ3n) is 2.82. The zero-order valence-corrected chi connectivity index (χ0v) is 11.0. The number of benzene rings is 1. The Morgan fingerprint density at radius 1 is 1.35 bits per heavy atom. The average molecular weight is 270 g/mol. The van der Waals surface area contributed by atoms with Gasteiger partial charge in [0.25, 0.3) is 5.89 Å². The highest BCUT2D eigenvalue weighted by molar-refractivity contribution is 5.58. The van der Waals surface area contributed by atoms with Crippen LogP contribution in [0.15, 0.2) is 35.0 Å². The van der Waals surface area contributed by atoms with Gasteiger partial charge in [-0.2, -0.15) is 4.98 Å². The molecule has 0 amide bonds. The third-order valence-corrected chi connectivity index (χ3v) is 2.82. The summed E-state index contributed by atoms with van der Waals surface area (Å²) in [4.78, 5) is 4.34. The van der Waals surface area contributed by atoms with Crippen molar-refractivity contribution in [2.45, 2.75) is 13.5 Å². The van der Waals surface area contributed by atoms with Crippen molar-refractivity contribution in [1.82, 2.24) is 25.1 Å². The van der Waals surface area contributed by atoms with Crippen molar-refractivity contribution in [1.29, 1.82) is 0 Å². The molecule has 0 saturated carbocycles. The van der Waals surface area contributed by atoms with Gasteiger partial charge in [0.05, 0.1) is 12.7 Å². The van der Waals surface area contributed by atoms with Gasteiger partial charge in [-0.05, 0) is 13.0 Å². The van der Waals surface area contributed by atoms with E-state index in [-0.39, 0.29) is 0 Å². The maximum atomic E-state index is 5.46. The average Bonchev–Trinajstić information content (AvgIpc) is 3.07. The van der Waals surface area contributed by atoms with Gasteiger partial charge in [0.2, 0.25) is 5.82 Å². The molecule has 7 nitrogen and oxygen atoms in total. The molecule has 0 aliphatic carbocycles. The molecular formula is C13H14N6O. The zero-order chi connectivity index (χ0) is 13.9. The van der Waals surface area contributed by atoms with Crippen molar-refractivity contribution < 1.29 is 4.52 Å². The normalized spacial score (nSPS) is 10.9. The largest absolute Gasteiger partial charge is 0.332 e. The van der Waals surface area contributed by atoms with Crippen molar-refractivity contribution in [3.05, 3.63) is 36.0 Å². The molecule has 2 aromatic heterocycles. The van der Waals surface area contributed by atoms with Crippen molar-refractivity contribution in [2.75, 3.05) is 6.54 Å². The van der Waals surface area contributed by atoms with Crippen LogP contribution in [0.1, 0.15) is 5.56 Å². The van der Waals surface area contributed by atoms with E-state index < -0.39 is 0 Å². The van der Waals surface area contributed by atoms with Crippen LogP contribution in [0.4, 0.5) is 0 Å². The molecule has 2 N–H and O–H groups in total. The number of hydrogen-bond acceptors (Lipinski definition) is 6. The van der Waals surface area contributed by atoms with Gasteiger partial charge in [-0.3, -0.25) is 4.68 Å². The monoisotopic (exact) mass is 270 g/mol. The van der Waals surface area contributed by atoms with Gasteiger partial charge in [-0.15, -0.1) is 5.10 Å². The Morgan fingerprint density at radius 3 is 3.05 bits per heavy atom. The van der Waals surface area contributed by atoms with Gasteiger partial charge >= 0.3 is 0 Å². The van der Waals surface area contributed by atoms with Crippen LogP contribution in [0.5, 0.6) is 0 Å². The van der Waals surface area contributed by atoms with Crippen LogP contribution in [0.2, 0.25) is 0 Å². The number of aryl methyl sites for hydroxylation is 1. The van der Waals surface area contributed by atoms with Crippen molar-refractivity contribution in [3.8, 4) is 23.0 Å². The van der Waals surface area contributed by atoms with Gasteiger partial charge < -0.3 is 10.3 Å². The molecule has 0 bridgehead atoms. The smallest absolute Gasteiger partial charge is 0.280 e. The molecule has 20 heavy (non-hydrogen) atoms. The SMILES string of the molecule is Cc1cccc(-c2noc(-c3cn(CCN)nn3)n2)c1. The lowest BCUT2D eigenvalue weighted by Crippen LogP contribution is -2.10. The summed E-state index contributed by atoms with van der Waals surface area (Å²) >= 11 is 0. The van der Waals surface area contributed by atoms with E-state index in [4.69, 9.17) is 10.3 Å². The Bertz CT molecular complexity index is 717. The first-order valence-corrected chi connectivity index (χ1v) is 6.27. The van der Waals surface area contributed by atoms with E-state index in [1.807, 2.05) is 31.2 Å². The topological polar surface area (TPSA) is 95.7 Å². The molecule has 1 aromatic carbocycles. The Balaban J connectivity index is 1.89. The van der Waals surface area contributed by atoms with Gasteiger partial charge in [-0.25, -0.2) is 0 Å². The summed E-state index contributed by atoms with van der Waals surface area (Å²) in [5, 5.41) is 11.9. The van der Waals surface area contributed by atoms with E-state index in [9.17, 15) is 0 Å². The molecule has 0 aliphatic heterocycles. The minimum absolute atomic E-state index is 0.352. The minimum Gasteiger partial charge on any atom is -0.332 e. The Hall–Kier alpha value is -2.54. The molecule has 102 valence electrons. The highest BCUT2D eigenvalue weighted by atomic mass is 16.5. The maximum absolute atomic E-state index is 5.46. The third kappa shape index (κ3) is 2.43. The molecule has 0 unspecified atom stereocenters. The van der Waals surface area contributed by atoms with E-state index in [0.29, 0.717) is 30.5 Å². The highest BCUT2D eigenvalue weighted by Gasteiger charge is 2.13. The Labute approximate surface area is 115 Å². The van der Waals surface area contributed by atoms with Crippen LogP contribution in [-0.4, -0.2) is 31.7 Å². The van der Waals surface area contributed by atoms with Crippen LogP contribution in [0, 0.1) is 6.92 Å². The van der Waals surface area contributed by atoms with Crippen molar-refractivity contribution >= 4 is 0 Å². The van der Waals surface area contributed by atoms with E-state index >= 15 is 0 Å². The summed E-state index contributed by atoms with van der Waals surface area (Å²) in [5.41, 5.74) is 8.06. The first-order chi connectivity index (χ1) is 9.76. The minimum atomic E-state index is 0.352. The summed E-state index contributed by atoms with van der Waals surface area (Å²) in [6.45, 7) is 3.12. The zero-order valence-electron chi connectivity index (χ0n) is 11.0. The fourth-order valence-corrected chi connectivity index (χ4v) is 1.87. The summed E-state index contributed by atoms with van der Waals surface area (Å²) in [7, 11) is 0. The van der Waals surface area contributed by atoms with Crippen molar-refractivity contribution in [3.63, 3.8) is 0 Å². The lowest BCUT2D eigenvalue weighted by Gasteiger charge is -1.94. The van der Waals surface area contributed by atoms with Gasteiger partial charge in [0.15, 0.2) is 5.69 Å². The lowest BCUT2D eigenvalue weighted by atomic mass is 10.1. The molecule has 3 rings (SSSR count). The van der Waals surface area contributed by atoms with Crippen LogP contribution in [0.25, 0.3) is 23.0 Å². The predicted octanol–water partition coefficient (Wildman–Crippen LogP) is 1.26. The highest BCUT2D eigenvalue weighted by Crippen LogP contribution is 2.21. The van der Waals surface area contributed by atoms with Gasteiger partial charge in [0.1, 0.15) is 0 Å². The number of nitrogens with zero attached hydrogens (tertiary/aromatic N) is 5. The molecule has 0 radical (unpaired) electrons. The summed E-state index contributed by atoms with van der Waals surface area (Å²) < 4.78 is 6.87. The van der Waals surface area contributed by atoms with Crippen LogP contribution >= 0.6 is 0 Å². The molecule has 0 saturated heterocycles. The molecule has 0 atom stereocenters. The van der Waals surface area contributed by atoms with Crippen LogP contribution in [0.3, 0.4) is 0 Å². The van der Waals surface area contributed by atoms with Crippen LogP contribution < -0.4 is 5.73 Å². The molecule has 0 spiro atoms. The second-order valence-electron chi connectivity index (χ2n) is 4.45. The lowest BCUT2D eigenvalue weighted by molar-refractivity contribution is 0.431. The molecule has 0 aliphatic rings. The van der Waals surface area contributed by atoms with Crippen molar-refractivity contribution in [2.24, 2.45) is 5.73 Å². The predicted molar refractivity (Wildman–Crippen MR) is 72.5 cm³/mol. The number of hydrogen-bond donors (Lipinski definition) is 1. The molecule has 0 fully saturated rings. The Kier molecular flexibility index (Phi) is 3.26.